The van der Waals surface area contributed by atoms with Crippen LogP contribution in [0, 0.1) is 0 Å². The Hall–Kier alpha value is -3.02. The minimum atomic E-state index is -0.753. The molecule has 2 N–H and O–H groups in total. The molecule has 0 fully saturated rings. The van der Waals surface area contributed by atoms with Gasteiger partial charge < -0.3 is 14.6 Å². The standard InChI is InChI=1S/C16H14N2O4/c19-12-5-3-4-11(8-12)9-17-18-16(20)15-10-21-13-6-1-2-7-14(13)22-15/h1-9,15,19H,10H2,(H,18,20)/t15-/m1/s1. The topological polar surface area (TPSA) is 80.2 Å². The number of phenolic OH excluding ortho intramolecular Hbond substituents is 1. The number of benzene rings is 2. The molecular weight excluding hydrogens is 284 g/mol. The summed E-state index contributed by atoms with van der Waals surface area (Å²) in [6, 6.07) is 13.7. The van der Waals surface area contributed by atoms with Gasteiger partial charge in [0.25, 0.3) is 5.91 Å². The highest BCUT2D eigenvalue weighted by molar-refractivity contribution is 5.85. The van der Waals surface area contributed by atoms with Crippen LogP contribution in [-0.4, -0.2) is 29.9 Å². The summed E-state index contributed by atoms with van der Waals surface area (Å²) in [5.41, 5.74) is 3.07. The molecule has 0 saturated heterocycles. The van der Waals surface area contributed by atoms with Crippen LogP contribution >= 0.6 is 0 Å². The van der Waals surface area contributed by atoms with Crippen molar-refractivity contribution in [2.45, 2.75) is 6.10 Å². The molecule has 1 aliphatic heterocycles. The number of hydrazone groups is 1. The zero-order valence-electron chi connectivity index (χ0n) is 11.6. The molecule has 0 aromatic heterocycles. The lowest BCUT2D eigenvalue weighted by molar-refractivity contribution is -0.130. The van der Waals surface area contributed by atoms with E-state index in [0.29, 0.717) is 17.1 Å². The molecule has 0 spiro atoms. The molecule has 1 aliphatic rings. The number of amides is 1. The van der Waals surface area contributed by atoms with E-state index in [9.17, 15) is 9.90 Å². The number of hydrogen-bond donors (Lipinski definition) is 2. The number of phenols is 1. The van der Waals surface area contributed by atoms with Crippen LogP contribution in [0.5, 0.6) is 17.2 Å². The molecule has 1 heterocycles. The first-order chi connectivity index (χ1) is 10.7. The fourth-order valence-corrected chi connectivity index (χ4v) is 2.00. The van der Waals surface area contributed by atoms with Gasteiger partial charge in [-0.2, -0.15) is 5.10 Å². The minimum Gasteiger partial charge on any atom is -0.508 e. The van der Waals surface area contributed by atoms with Crippen LogP contribution in [0.3, 0.4) is 0 Å². The fourth-order valence-electron chi connectivity index (χ4n) is 2.00. The number of nitrogens with one attached hydrogen (secondary N) is 1. The van der Waals surface area contributed by atoms with Crippen molar-refractivity contribution in [1.82, 2.24) is 5.43 Å². The summed E-state index contributed by atoms with van der Waals surface area (Å²) in [6.45, 7) is 0.129. The maximum Gasteiger partial charge on any atom is 0.284 e. The number of nitrogens with zero attached hydrogens (tertiary/aromatic N) is 1. The highest BCUT2D eigenvalue weighted by Gasteiger charge is 2.26. The number of carbonyl (C=O) groups excluding carboxylic acids is 1. The lowest BCUT2D eigenvalue weighted by Gasteiger charge is -2.24. The highest BCUT2D eigenvalue weighted by atomic mass is 16.6. The Bertz CT molecular complexity index is 715. The molecular formula is C16H14N2O4. The van der Waals surface area contributed by atoms with Crippen LogP contribution in [0.25, 0.3) is 0 Å². The minimum absolute atomic E-state index is 0.129. The van der Waals surface area contributed by atoms with Crippen molar-refractivity contribution >= 4 is 12.1 Å². The maximum absolute atomic E-state index is 12.0. The number of para-hydroxylation sites is 2. The Labute approximate surface area is 127 Å². The quantitative estimate of drug-likeness (QED) is 0.667. The molecule has 2 aromatic carbocycles. The summed E-state index contributed by atoms with van der Waals surface area (Å²) in [6.07, 6.45) is 0.686. The molecule has 22 heavy (non-hydrogen) atoms. The van der Waals surface area contributed by atoms with Gasteiger partial charge in [0, 0.05) is 0 Å². The van der Waals surface area contributed by atoms with Crippen molar-refractivity contribution in [1.29, 1.82) is 0 Å². The SMILES string of the molecule is O=C(NN=Cc1cccc(O)c1)[C@H]1COc2ccccc2O1. The first-order valence-electron chi connectivity index (χ1n) is 6.73. The van der Waals surface area contributed by atoms with Gasteiger partial charge in [-0.1, -0.05) is 24.3 Å². The Morgan fingerprint density at radius 2 is 2.05 bits per heavy atom. The summed E-state index contributed by atoms with van der Waals surface area (Å²) in [7, 11) is 0. The first-order valence-corrected chi connectivity index (χ1v) is 6.73. The third-order valence-electron chi connectivity index (χ3n) is 3.06. The van der Waals surface area contributed by atoms with E-state index in [-0.39, 0.29) is 12.4 Å². The second-order valence-electron chi connectivity index (χ2n) is 4.69. The van der Waals surface area contributed by atoms with Crippen molar-refractivity contribution in [3.63, 3.8) is 0 Å². The van der Waals surface area contributed by atoms with Gasteiger partial charge in [0.2, 0.25) is 6.10 Å². The van der Waals surface area contributed by atoms with Gasteiger partial charge in [0.1, 0.15) is 12.4 Å². The molecule has 1 atom stereocenters. The lowest BCUT2D eigenvalue weighted by Crippen LogP contribution is -2.42. The van der Waals surface area contributed by atoms with Gasteiger partial charge in [-0.15, -0.1) is 0 Å². The van der Waals surface area contributed by atoms with Crippen molar-refractivity contribution in [3.8, 4) is 17.2 Å². The number of fused-ring (bicyclic) bond motifs is 1. The molecule has 3 rings (SSSR count). The average molecular weight is 298 g/mol. The summed E-state index contributed by atoms with van der Waals surface area (Å²) >= 11 is 0. The zero-order valence-corrected chi connectivity index (χ0v) is 11.6. The Balaban J connectivity index is 1.59. The Morgan fingerprint density at radius 1 is 1.23 bits per heavy atom. The fraction of sp³-hybridized carbons (Fsp3) is 0.125. The predicted molar refractivity (Wildman–Crippen MR) is 80.2 cm³/mol. The molecule has 6 heteroatoms. The zero-order chi connectivity index (χ0) is 15.4. The number of rotatable bonds is 3. The second-order valence-corrected chi connectivity index (χ2v) is 4.69. The van der Waals surface area contributed by atoms with Gasteiger partial charge in [-0.3, -0.25) is 4.79 Å². The number of hydrogen-bond acceptors (Lipinski definition) is 5. The van der Waals surface area contributed by atoms with Crippen molar-refractivity contribution in [3.05, 3.63) is 54.1 Å². The molecule has 0 bridgehead atoms. The van der Waals surface area contributed by atoms with Crippen LogP contribution < -0.4 is 14.9 Å². The lowest BCUT2D eigenvalue weighted by atomic mass is 10.2. The van der Waals surface area contributed by atoms with Gasteiger partial charge in [-0.05, 0) is 29.8 Å². The normalized spacial score (nSPS) is 16.5. The third-order valence-corrected chi connectivity index (χ3v) is 3.06. The Kier molecular flexibility index (Phi) is 3.91. The van der Waals surface area contributed by atoms with Gasteiger partial charge in [0.05, 0.1) is 6.21 Å². The van der Waals surface area contributed by atoms with E-state index in [1.807, 2.05) is 12.1 Å². The largest absolute Gasteiger partial charge is 0.508 e. The van der Waals surface area contributed by atoms with Crippen LogP contribution in [0.4, 0.5) is 0 Å². The van der Waals surface area contributed by atoms with Crippen LogP contribution in [-0.2, 0) is 4.79 Å². The van der Waals surface area contributed by atoms with Crippen molar-refractivity contribution in [2.24, 2.45) is 5.10 Å². The summed E-state index contributed by atoms with van der Waals surface area (Å²) < 4.78 is 11.0. The maximum atomic E-state index is 12.0. The van der Waals surface area contributed by atoms with Crippen LogP contribution in [0.15, 0.2) is 53.6 Å². The summed E-state index contributed by atoms with van der Waals surface area (Å²) in [4.78, 5) is 12.0. The average Bonchev–Trinajstić information content (AvgIpc) is 2.54. The monoisotopic (exact) mass is 298 g/mol. The molecule has 112 valence electrons. The van der Waals surface area contributed by atoms with E-state index < -0.39 is 12.0 Å². The highest BCUT2D eigenvalue weighted by Crippen LogP contribution is 2.30. The first kappa shape index (κ1) is 13.9. The third kappa shape index (κ3) is 3.17. The number of carbonyl (C=O) groups is 1. The van der Waals surface area contributed by atoms with Crippen LogP contribution in [0.1, 0.15) is 5.56 Å². The number of aromatic hydroxyl groups is 1. The molecule has 0 unspecified atom stereocenters. The molecule has 2 aromatic rings. The van der Waals surface area contributed by atoms with Gasteiger partial charge in [0.15, 0.2) is 11.5 Å². The van der Waals surface area contributed by atoms with Crippen molar-refractivity contribution in [2.75, 3.05) is 6.61 Å². The van der Waals surface area contributed by atoms with Crippen molar-refractivity contribution < 1.29 is 19.4 Å². The smallest absolute Gasteiger partial charge is 0.284 e. The van der Waals surface area contributed by atoms with E-state index >= 15 is 0 Å². The molecule has 1 amide bonds. The summed E-state index contributed by atoms with van der Waals surface area (Å²) in [5, 5.41) is 13.2. The van der Waals surface area contributed by atoms with E-state index in [2.05, 4.69) is 10.5 Å². The molecule has 0 saturated carbocycles. The number of ether oxygens (including phenoxy) is 2. The van der Waals surface area contributed by atoms with E-state index in [4.69, 9.17) is 9.47 Å². The van der Waals surface area contributed by atoms with E-state index in [0.717, 1.165) is 0 Å². The second kappa shape index (κ2) is 6.17. The Morgan fingerprint density at radius 3 is 2.86 bits per heavy atom. The van der Waals surface area contributed by atoms with Gasteiger partial charge in [-0.25, -0.2) is 5.43 Å². The summed E-state index contributed by atoms with van der Waals surface area (Å²) in [5.74, 6) is 0.891. The van der Waals surface area contributed by atoms with E-state index in [1.54, 1.807) is 30.3 Å². The van der Waals surface area contributed by atoms with E-state index in [1.165, 1.54) is 12.3 Å². The predicted octanol–water partition coefficient (Wildman–Crippen LogP) is 1.68. The molecule has 0 aliphatic carbocycles. The van der Waals surface area contributed by atoms with Gasteiger partial charge >= 0.3 is 0 Å². The molecule has 6 nitrogen and oxygen atoms in total. The molecule has 0 radical (unpaired) electrons. The van der Waals surface area contributed by atoms with Crippen LogP contribution in [0.2, 0.25) is 0 Å².